The molecule has 0 N–H and O–H groups in total. The third-order valence-electron chi connectivity index (χ3n) is 9.40. The molecule has 0 aromatic rings. The lowest BCUT2D eigenvalue weighted by molar-refractivity contribution is -0.158. The van der Waals surface area contributed by atoms with Crippen LogP contribution in [0.5, 0.6) is 0 Å². The molecule has 4 aliphatic carbocycles. The highest BCUT2D eigenvalue weighted by atomic mass is 28.3. The third-order valence-corrected chi connectivity index (χ3v) is 14.8. The van der Waals surface area contributed by atoms with Crippen LogP contribution in [0.2, 0.25) is 24.2 Å². The second kappa shape index (κ2) is 4.05. The topological polar surface area (TPSA) is 43.4 Å². The number of ether oxygens (including phenoxy) is 1. The van der Waals surface area contributed by atoms with Gasteiger partial charge in [-0.1, -0.05) is 48.4 Å². The van der Waals surface area contributed by atoms with E-state index in [-0.39, 0.29) is 23.8 Å². The molecular formula is C21H26O3Si. The second-order valence-electron chi connectivity index (χ2n) is 10.0. The quantitative estimate of drug-likeness (QED) is 0.308. The Balaban J connectivity index is 1.65. The van der Waals surface area contributed by atoms with Crippen molar-refractivity contribution in [2.24, 2.45) is 34.5 Å². The molecule has 5 fully saturated rings. The molecule has 6 atom stereocenters. The van der Waals surface area contributed by atoms with E-state index in [1.54, 1.807) is 0 Å². The zero-order chi connectivity index (χ0) is 17.4. The van der Waals surface area contributed by atoms with E-state index in [1.165, 1.54) is 29.7 Å². The minimum absolute atomic E-state index is 0.122. The second-order valence-corrected chi connectivity index (χ2v) is 15.0. The predicted octanol–water partition coefficient (Wildman–Crippen LogP) is 4.09. The molecule has 132 valence electrons. The number of allylic oxidation sites excluding steroid dienone is 4. The van der Waals surface area contributed by atoms with Crippen molar-refractivity contribution in [1.82, 2.24) is 0 Å². The van der Waals surface area contributed by atoms with E-state index in [1.807, 2.05) is 0 Å². The Morgan fingerprint density at radius 1 is 1.04 bits per heavy atom. The number of hydrogen-bond donors (Lipinski definition) is 0. The summed E-state index contributed by atoms with van der Waals surface area (Å²) in [4.78, 5) is 26.6. The van der Waals surface area contributed by atoms with Gasteiger partial charge < -0.3 is 4.74 Å². The molecule has 0 aromatic carbocycles. The monoisotopic (exact) mass is 354 g/mol. The van der Waals surface area contributed by atoms with Gasteiger partial charge >= 0.3 is 11.9 Å². The summed E-state index contributed by atoms with van der Waals surface area (Å²) in [7, 11) is -1.31. The summed E-state index contributed by atoms with van der Waals surface area (Å²) < 4.78 is 5.45. The van der Waals surface area contributed by atoms with Gasteiger partial charge in [0.25, 0.3) is 0 Å². The normalized spacial score (nSPS) is 53.1. The van der Waals surface area contributed by atoms with Gasteiger partial charge in [0.15, 0.2) is 0 Å². The van der Waals surface area contributed by atoms with E-state index in [4.69, 9.17) is 4.74 Å². The number of carbonyl (C=O) groups is 2. The molecule has 6 unspecified atom stereocenters. The van der Waals surface area contributed by atoms with Crippen molar-refractivity contribution in [1.29, 1.82) is 0 Å². The van der Waals surface area contributed by atoms with Gasteiger partial charge in [0.05, 0.1) is 18.9 Å². The van der Waals surface area contributed by atoms with E-state index in [0.717, 1.165) is 12.8 Å². The Morgan fingerprint density at radius 3 is 1.96 bits per heavy atom. The maximum absolute atomic E-state index is 13.3. The van der Waals surface area contributed by atoms with Gasteiger partial charge in [-0.2, -0.15) is 0 Å². The van der Waals surface area contributed by atoms with Gasteiger partial charge in [-0.3, -0.25) is 9.59 Å². The molecule has 3 saturated carbocycles. The predicted molar refractivity (Wildman–Crippen MR) is 96.3 cm³/mol. The maximum atomic E-state index is 13.3. The summed E-state index contributed by atoms with van der Waals surface area (Å²) in [6.07, 6.45) is 8.15. The number of rotatable bonds is 1. The Kier molecular flexibility index (Phi) is 2.42. The van der Waals surface area contributed by atoms with Crippen molar-refractivity contribution < 1.29 is 14.3 Å². The highest BCUT2D eigenvalue weighted by Crippen LogP contribution is 2.87. The molecule has 2 saturated heterocycles. The van der Waals surface area contributed by atoms with Crippen LogP contribution in [0.15, 0.2) is 23.3 Å². The van der Waals surface area contributed by atoms with E-state index in [0.29, 0.717) is 17.4 Å². The maximum Gasteiger partial charge on any atom is 0.322 e. The summed E-state index contributed by atoms with van der Waals surface area (Å²) in [6.45, 7) is 6.87. The van der Waals surface area contributed by atoms with Gasteiger partial charge in [-0.15, -0.1) is 0 Å². The fourth-order valence-corrected chi connectivity index (χ4v) is 13.8. The number of esters is 2. The molecule has 4 heteroatoms. The largest absolute Gasteiger partial charge is 0.392 e. The van der Waals surface area contributed by atoms with Crippen LogP contribution >= 0.6 is 0 Å². The highest BCUT2D eigenvalue weighted by molar-refractivity contribution is 6.82. The van der Waals surface area contributed by atoms with Crippen LogP contribution in [-0.4, -0.2) is 20.0 Å². The van der Waals surface area contributed by atoms with Crippen molar-refractivity contribution in [3.8, 4) is 0 Å². The first-order valence-electron chi connectivity index (χ1n) is 10.0. The summed E-state index contributed by atoms with van der Waals surface area (Å²) in [5.74, 6) is 0.698. The van der Waals surface area contributed by atoms with E-state index >= 15 is 0 Å². The van der Waals surface area contributed by atoms with E-state index in [9.17, 15) is 9.59 Å². The van der Waals surface area contributed by atoms with Crippen molar-refractivity contribution in [2.75, 3.05) is 0 Å². The van der Waals surface area contributed by atoms with Gasteiger partial charge in [0.2, 0.25) is 0 Å². The summed E-state index contributed by atoms with van der Waals surface area (Å²) in [5, 5.41) is 0. The molecule has 0 amide bonds. The highest BCUT2D eigenvalue weighted by Gasteiger charge is 2.91. The summed E-state index contributed by atoms with van der Waals surface area (Å²) >= 11 is 0. The Morgan fingerprint density at radius 2 is 1.56 bits per heavy atom. The zero-order valence-electron chi connectivity index (χ0n) is 15.3. The molecular weight excluding hydrogens is 328 g/mol. The molecule has 3 nitrogen and oxygen atoms in total. The molecule has 2 heterocycles. The first-order chi connectivity index (χ1) is 11.9. The third kappa shape index (κ3) is 1.18. The van der Waals surface area contributed by atoms with Crippen molar-refractivity contribution in [2.45, 2.75) is 57.3 Å². The zero-order valence-corrected chi connectivity index (χ0v) is 16.3. The minimum atomic E-state index is -1.31. The number of fused-ring (bicyclic) bond motifs is 4. The van der Waals surface area contributed by atoms with Gasteiger partial charge in [0, 0.05) is 11.8 Å². The molecule has 0 spiro atoms. The molecule has 0 aromatic heterocycles. The van der Waals surface area contributed by atoms with Crippen LogP contribution in [0.1, 0.15) is 33.1 Å². The van der Waals surface area contributed by atoms with Crippen LogP contribution in [-0.2, 0) is 14.3 Å². The molecule has 0 radical (unpaired) electrons. The van der Waals surface area contributed by atoms with E-state index in [2.05, 4.69) is 32.5 Å². The lowest BCUT2D eigenvalue weighted by Gasteiger charge is -2.46. The number of cyclic esters (lactones) is 2. The summed E-state index contributed by atoms with van der Waals surface area (Å²) in [5.41, 5.74) is 2.26. The molecule has 2 aliphatic heterocycles. The van der Waals surface area contributed by atoms with Gasteiger partial charge in [-0.25, -0.2) is 0 Å². The van der Waals surface area contributed by atoms with Crippen LogP contribution in [0.3, 0.4) is 0 Å². The standard InChI is InChI=1S/C21H26O3Si/c1-11(2)16-12-5-6-13(16)21-15-8-7-14(17(15)25(3)9-4-10-25)20(12,21)18(22)24-19(21)23/h5-6,12-15,17H,4,7-10H2,1-3H3. The Labute approximate surface area is 149 Å². The Hall–Kier alpha value is -1.16. The molecule has 4 bridgehead atoms. The summed E-state index contributed by atoms with van der Waals surface area (Å²) in [6, 6.07) is 2.80. The number of carbonyl (C=O) groups excluding carboxylic acids is 2. The Bertz CT molecular complexity index is 754. The molecule has 25 heavy (non-hydrogen) atoms. The lowest BCUT2D eigenvalue weighted by Crippen LogP contribution is -2.51. The van der Waals surface area contributed by atoms with Crippen molar-refractivity contribution >= 4 is 20.0 Å². The number of hydrogen-bond acceptors (Lipinski definition) is 3. The lowest BCUT2D eigenvalue weighted by atomic mass is 9.53. The minimum Gasteiger partial charge on any atom is -0.392 e. The fourth-order valence-electron chi connectivity index (χ4n) is 8.84. The van der Waals surface area contributed by atoms with Crippen LogP contribution < -0.4 is 0 Å². The van der Waals surface area contributed by atoms with Crippen LogP contribution in [0, 0.1) is 34.5 Å². The first kappa shape index (κ1) is 14.9. The average molecular weight is 355 g/mol. The van der Waals surface area contributed by atoms with Crippen molar-refractivity contribution in [3.05, 3.63) is 23.3 Å². The van der Waals surface area contributed by atoms with Gasteiger partial charge in [-0.05, 0) is 44.1 Å². The SMILES string of the molecule is CC(C)=C1C2C=CC1C13C(=O)OC(=O)C21C1CCC3C1[Si]1(C)CCC1. The van der Waals surface area contributed by atoms with Crippen LogP contribution in [0.4, 0.5) is 0 Å². The van der Waals surface area contributed by atoms with Gasteiger partial charge in [0.1, 0.15) is 0 Å². The molecule has 6 aliphatic rings. The average Bonchev–Trinajstić information content (AvgIpc) is 3.28. The fraction of sp³-hybridized carbons (Fsp3) is 0.714. The van der Waals surface area contributed by atoms with E-state index < -0.39 is 18.9 Å². The van der Waals surface area contributed by atoms with Crippen molar-refractivity contribution in [3.63, 3.8) is 0 Å². The van der Waals surface area contributed by atoms with Crippen LogP contribution in [0.25, 0.3) is 0 Å². The smallest absolute Gasteiger partial charge is 0.322 e. The first-order valence-corrected chi connectivity index (χ1v) is 13.0. The molecule has 6 rings (SSSR count).